The van der Waals surface area contributed by atoms with Crippen LogP contribution >= 0.6 is 0 Å². The lowest BCUT2D eigenvalue weighted by atomic mass is 10.2. The molecule has 1 amide bonds. The van der Waals surface area contributed by atoms with E-state index in [4.69, 9.17) is 4.42 Å². The van der Waals surface area contributed by atoms with E-state index in [0.29, 0.717) is 30.4 Å². The maximum atomic E-state index is 13.0. The van der Waals surface area contributed by atoms with Crippen molar-refractivity contribution in [3.63, 3.8) is 0 Å². The van der Waals surface area contributed by atoms with Crippen molar-refractivity contribution in [2.75, 3.05) is 6.54 Å². The second-order valence-electron chi connectivity index (χ2n) is 7.94. The van der Waals surface area contributed by atoms with Gasteiger partial charge in [0.1, 0.15) is 12.4 Å². The average Bonchev–Trinajstić information content (AvgIpc) is 3.63. The van der Waals surface area contributed by atoms with Gasteiger partial charge in [0, 0.05) is 30.1 Å². The van der Waals surface area contributed by atoms with Gasteiger partial charge < -0.3 is 9.73 Å². The Bertz CT molecular complexity index is 1630. The van der Waals surface area contributed by atoms with Gasteiger partial charge in [0.25, 0.3) is 5.91 Å². The van der Waals surface area contributed by atoms with Crippen molar-refractivity contribution < 1.29 is 9.21 Å². The fraction of sp³-hybridized carbons (Fsp3) is 0.120. The quantitative estimate of drug-likeness (QED) is 0.386. The molecule has 172 valence electrons. The largest absolute Gasteiger partial charge is 0.419 e. The molecule has 10 heteroatoms. The molecular formula is C25H20N8O2. The van der Waals surface area contributed by atoms with Gasteiger partial charge in [-0.25, -0.2) is 0 Å². The van der Waals surface area contributed by atoms with Gasteiger partial charge in [-0.15, -0.1) is 20.4 Å². The van der Waals surface area contributed by atoms with E-state index >= 15 is 0 Å². The first kappa shape index (κ1) is 20.7. The standard InChI is InChI=1S/C25H20N8O2/c34-24(26-14-13-21-28-27-20-12-6-7-15-32(20)21)23-18-10-4-5-11-19(18)33(31-23)16-22-29-30-25(35-22)17-8-2-1-3-9-17/h1-12,15H,13-14,16H2,(H,26,34). The van der Waals surface area contributed by atoms with Crippen molar-refractivity contribution in [2.45, 2.75) is 13.0 Å². The van der Waals surface area contributed by atoms with Crippen molar-refractivity contribution in [2.24, 2.45) is 0 Å². The molecular weight excluding hydrogens is 444 g/mol. The molecule has 0 aliphatic rings. The van der Waals surface area contributed by atoms with Gasteiger partial charge >= 0.3 is 0 Å². The summed E-state index contributed by atoms with van der Waals surface area (Å²) >= 11 is 0. The third-order valence-electron chi connectivity index (χ3n) is 5.66. The number of amides is 1. The molecule has 4 aromatic heterocycles. The summed E-state index contributed by atoms with van der Waals surface area (Å²) in [6.07, 6.45) is 2.45. The van der Waals surface area contributed by atoms with Crippen LogP contribution in [0.1, 0.15) is 22.2 Å². The van der Waals surface area contributed by atoms with Crippen molar-refractivity contribution in [1.82, 2.24) is 39.9 Å². The third-order valence-corrected chi connectivity index (χ3v) is 5.66. The Labute approximate surface area is 199 Å². The molecule has 0 spiro atoms. The molecule has 0 atom stereocenters. The number of nitrogens with one attached hydrogen (secondary N) is 1. The van der Waals surface area contributed by atoms with E-state index in [1.165, 1.54) is 0 Å². The minimum atomic E-state index is -0.260. The zero-order chi connectivity index (χ0) is 23.6. The molecule has 0 aliphatic carbocycles. The highest BCUT2D eigenvalue weighted by Crippen LogP contribution is 2.21. The fourth-order valence-corrected chi connectivity index (χ4v) is 3.99. The highest BCUT2D eigenvalue weighted by Gasteiger charge is 2.19. The van der Waals surface area contributed by atoms with Crippen LogP contribution in [-0.2, 0) is 13.0 Å². The van der Waals surface area contributed by atoms with Gasteiger partial charge in [-0.1, -0.05) is 42.5 Å². The van der Waals surface area contributed by atoms with Gasteiger partial charge in [-0.2, -0.15) is 5.10 Å². The van der Waals surface area contributed by atoms with E-state index < -0.39 is 0 Å². The first-order valence-electron chi connectivity index (χ1n) is 11.2. The van der Waals surface area contributed by atoms with Crippen LogP contribution in [0.3, 0.4) is 0 Å². The first-order valence-corrected chi connectivity index (χ1v) is 11.2. The zero-order valence-electron chi connectivity index (χ0n) is 18.6. The lowest BCUT2D eigenvalue weighted by Gasteiger charge is -2.03. The molecule has 0 unspecified atom stereocenters. The van der Waals surface area contributed by atoms with Gasteiger partial charge in [0.15, 0.2) is 11.3 Å². The summed E-state index contributed by atoms with van der Waals surface area (Å²) in [5, 5.41) is 24.9. The topological polar surface area (TPSA) is 116 Å². The van der Waals surface area contributed by atoms with Crippen molar-refractivity contribution in [3.8, 4) is 11.5 Å². The summed E-state index contributed by atoms with van der Waals surface area (Å²) in [7, 11) is 0. The van der Waals surface area contributed by atoms with Crippen molar-refractivity contribution in [1.29, 1.82) is 0 Å². The molecule has 0 bridgehead atoms. The molecule has 0 saturated carbocycles. The summed E-state index contributed by atoms with van der Waals surface area (Å²) in [6, 6.07) is 22.9. The number of fused-ring (bicyclic) bond motifs is 2. The minimum absolute atomic E-state index is 0.249. The Kier molecular flexibility index (Phi) is 5.22. The number of rotatable bonds is 7. The number of pyridine rings is 1. The Hall–Kier alpha value is -4.86. The number of carbonyl (C=O) groups excluding carboxylic acids is 1. The number of benzene rings is 2. The molecule has 0 fully saturated rings. The number of hydrogen-bond acceptors (Lipinski definition) is 7. The average molecular weight is 464 g/mol. The highest BCUT2D eigenvalue weighted by molar-refractivity contribution is 6.04. The minimum Gasteiger partial charge on any atom is -0.419 e. The molecule has 6 aromatic rings. The SMILES string of the molecule is O=C(NCCc1nnc2ccccn12)c1nn(Cc2nnc(-c3ccccc3)o2)c2ccccc12. The number of aromatic nitrogens is 7. The van der Waals surface area contributed by atoms with Gasteiger partial charge in [-0.05, 0) is 30.3 Å². The zero-order valence-corrected chi connectivity index (χ0v) is 18.6. The number of para-hydroxylation sites is 1. The van der Waals surface area contributed by atoms with Crippen LogP contribution in [0.25, 0.3) is 28.0 Å². The Morgan fingerprint density at radius 3 is 2.63 bits per heavy atom. The summed E-state index contributed by atoms with van der Waals surface area (Å²) in [5.41, 5.74) is 2.77. The predicted molar refractivity (Wildman–Crippen MR) is 128 cm³/mol. The van der Waals surface area contributed by atoms with E-state index in [0.717, 1.165) is 27.9 Å². The predicted octanol–water partition coefficient (Wildman–Crippen LogP) is 3.15. The summed E-state index contributed by atoms with van der Waals surface area (Å²) in [5.74, 6) is 1.37. The second kappa shape index (κ2) is 8.82. The molecule has 4 heterocycles. The van der Waals surface area contributed by atoms with E-state index in [9.17, 15) is 4.79 Å². The molecule has 6 rings (SSSR count). The van der Waals surface area contributed by atoms with Gasteiger partial charge in [0.05, 0.1) is 5.52 Å². The molecule has 0 radical (unpaired) electrons. The third kappa shape index (κ3) is 4.01. The van der Waals surface area contributed by atoms with E-state index in [-0.39, 0.29) is 12.5 Å². The van der Waals surface area contributed by atoms with Crippen molar-refractivity contribution in [3.05, 3.63) is 96.4 Å². The lowest BCUT2D eigenvalue weighted by molar-refractivity contribution is 0.0949. The van der Waals surface area contributed by atoms with E-state index in [1.807, 2.05) is 83.4 Å². The van der Waals surface area contributed by atoms with Crippen LogP contribution in [-0.4, -0.2) is 47.0 Å². The number of carbonyl (C=O) groups is 1. The van der Waals surface area contributed by atoms with Crippen LogP contribution in [0.2, 0.25) is 0 Å². The monoisotopic (exact) mass is 464 g/mol. The Morgan fingerprint density at radius 1 is 0.886 bits per heavy atom. The maximum Gasteiger partial charge on any atom is 0.272 e. The maximum absolute atomic E-state index is 13.0. The Balaban J connectivity index is 1.20. The van der Waals surface area contributed by atoms with Crippen LogP contribution in [0.5, 0.6) is 0 Å². The molecule has 2 aromatic carbocycles. The summed E-state index contributed by atoms with van der Waals surface area (Å²) < 4.78 is 9.45. The van der Waals surface area contributed by atoms with Crippen LogP contribution < -0.4 is 5.32 Å². The smallest absolute Gasteiger partial charge is 0.272 e. The number of hydrogen-bond donors (Lipinski definition) is 1. The Morgan fingerprint density at radius 2 is 1.71 bits per heavy atom. The lowest BCUT2D eigenvalue weighted by Crippen LogP contribution is -2.27. The van der Waals surface area contributed by atoms with E-state index in [1.54, 1.807) is 4.68 Å². The first-order chi connectivity index (χ1) is 17.3. The molecule has 0 saturated heterocycles. The van der Waals surface area contributed by atoms with E-state index in [2.05, 4.69) is 30.8 Å². The summed E-state index contributed by atoms with van der Waals surface area (Å²) in [6.45, 7) is 0.652. The van der Waals surface area contributed by atoms with Crippen LogP contribution in [0, 0.1) is 0 Å². The molecule has 1 N–H and O–H groups in total. The van der Waals surface area contributed by atoms with Crippen LogP contribution in [0.4, 0.5) is 0 Å². The highest BCUT2D eigenvalue weighted by atomic mass is 16.4. The summed E-state index contributed by atoms with van der Waals surface area (Å²) in [4.78, 5) is 13.0. The fourth-order valence-electron chi connectivity index (χ4n) is 3.99. The van der Waals surface area contributed by atoms with Crippen molar-refractivity contribution >= 4 is 22.5 Å². The molecule has 0 aliphatic heterocycles. The molecule has 10 nitrogen and oxygen atoms in total. The second-order valence-corrected chi connectivity index (χ2v) is 7.94. The number of nitrogens with zero attached hydrogens (tertiary/aromatic N) is 7. The van der Waals surface area contributed by atoms with Gasteiger partial charge in [0.2, 0.25) is 11.8 Å². The normalized spacial score (nSPS) is 11.3. The molecule has 35 heavy (non-hydrogen) atoms. The van der Waals surface area contributed by atoms with Crippen LogP contribution in [0.15, 0.2) is 83.4 Å². The van der Waals surface area contributed by atoms with Gasteiger partial charge in [-0.3, -0.25) is 13.9 Å².